The Hall–Kier alpha value is -3.10. The predicted molar refractivity (Wildman–Crippen MR) is 141 cm³/mol. The molecule has 0 unspecified atom stereocenters. The van der Waals surface area contributed by atoms with Crippen molar-refractivity contribution in [1.29, 1.82) is 0 Å². The molecule has 8 atom stereocenters. The van der Waals surface area contributed by atoms with Crippen LogP contribution in [0.2, 0.25) is 0 Å². The van der Waals surface area contributed by atoms with Crippen molar-refractivity contribution in [1.82, 2.24) is 0 Å². The number of phenols is 2. The van der Waals surface area contributed by atoms with E-state index in [0.717, 1.165) is 0 Å². The zero-order chi connectivity index (χ0) is 30.0. The molecule has 2 aliphatic carbocycles. The summed E-state index contributed by atoms with van der Waals surface area (Å²) in [5.74, 6) is -2.21. The van der Waals surface area contributed by atoms with Crippen LogP contribution in [-0.2, 0) is 30.1 Å². The summed E-state index contributed by atoms with van der Waals surface area (Å²) in [5, 5.41) is 44.6. The number of aliphatic hydroxyl groups excluding tert-OH is 1. The molecular weight excluding hydrogens is 540 g/mol. The van der Waals surface area contributed by atoms with E-state index >= 15 is 0 Å². The SMILES string of the molecule is COc1cc(O)c2c(c1)C(=O)c1cc3c(c(O)c1C2=O)[C@@H](O[C@H]1O[C@@H](C)[C@@H](OC)[C@@H](O)[C@H]1OC)[C@@H](OC)[C@@](C)(O)C3. The van der Waals surface area contributed by atoms with E-state index in [4.69, 9.17) is 28.4 Å². The number of phenolic OH excluding ortho intramolecular Hbond substituents is 2. The van der Waals surface area contributed by atoms with Crippen LogP contribution in [-0.4, -0.2) is 103 Å². The molecule has 1 saturated heterocycles. The van der Waals surface area contributed by atoms with Crippen LogP contribution in [0.3, 0.4) is 0 Å². The highest BCUT2D eigenvalue weighted by Crippen LogP contribution is 2.49. The molecule has 2 aromatic carbocycles. The molecule has 4 N–H and O–H groups in total. The summed E-state index contributed by atoms with van der Waals surface area (Å²) < 4.78 is 34.0. The molecule has 1 heterocycles. The van der Waals surface area contributed by atoms with Crippen molar-refractivity contribution in [3.63, 3.8) is 0 Å². The lowest BCUT2D eigenvalue weighted by molar-refractivity contribution is -0.325. The van der Waals surface area contributed by atoms with Crippen LogP contribution in [0, 0.1) is 0 Å². The Bertz CT molecular complexity index is 1380. The van der Waals surface area contributed by atoms with Crippen molar-refractivity contribution in [2.45, 2.75) is 68.8 Å². The number of methoxy groups -OCH3 is 4. The minimum atomic E-state index is -1.55. The molecule has 41 heavy (non-hydrogen) atoms. The maximum Gasteiger partial charge on any atom is 0.201 e. The van der Waals surface area contributed by atoms with E-state index in [0.29, 0.717) is 5.56 Å². The van der Waals surface area contributed by atoms with E-state index in [9.17, 15) is 30.0 Å². The number of rotatable bonds is 6. The van der Waals surface area contributed by atoms with Gasteiger partial charge in [-0.15, -0.1) is 0 Å². The molecule has 5 rings (SSSR count). The van der Waals surface area contributed by atoms with Crippen molar-refractivity contribution >= 4 is 11.6 Å². The van der Waals surface area contributed by atoms with E-state index < -0.39 is 71.6 Å². The highest BCUT2D eigenvalue weighted by Gasteiger charge is 2.52. The van der Waals surface area contributed by atoms with Gasteiger partial charge in [-0.05, 0) is 31.5 Å². The Morgan fingerprint density at radius 3 is 2.20 bits per heavy atom. The summed E-state index contributed by atoms with van der Waals surface area (Å²) >= 11 is 0. The van der Waals surface area contributed by atoms with Gasteiger partial charge in [0.05, 0.1) is 29.9 Å². The highest BCUT2D eigenvalue weighted by molar-refractivity contribution is 6.30. The molecule has 12 nitrogen and oxygen atoms in total. The molecule has 0 amide bonds. The van der Waals surface area contributed by atoms with Gasteiger partial charge in [0.2, 0.25) is 5.78 Å². The molecule has 222 valence electrons. The number of aromatic hydroxyl groups is 2. The van der Waals surface area contributed by atoms with Crippen molar-refractivity contribution < 1.29 is 58.4 Å². The van der Waals surface area contributed by atoms with Crippen LogP contribution < -0.4 is 4.74 Å². The number of benzene rings is 2. The highest BCUT2D eigenvalue weighted by atomic mass is 16.7. The average molecular weight is 575 g/mol. The first kappa shape index (κ1) is 29.4. The third-order valence-electron chi connectivity index (χ3n) is 8.25. The number of ether oxygens (including phenoxy) is 6. The first-order valence-corrected chi connectivity index (χ1v) is 13.1. The molecule has 1 aliphatic heterocycles. The third-order valence-corrected chi connectivity index (χ3v) is 8.25. The monoisotopic (exact) mass is 574 g/mol. The number of aliphatic hydroxyl groups is 2. The second kappa shape index (κ2) is 10.6. The Morgan fingerprint density at radius 1 is 0.927 bits per heavy atom. The van der Waals surface area contributed by atoms with Crippen LogP contribution in [0.5, 0.6) is 17.2 Å². The summed E-state index contributed by atoms with van der Waals surface area (Å²) in [5.41, 5.74) is -1.84. The van der Waals surface area contributed by atoms with E-state index in [-0.39, 0.29) is 40.0 Å². The number of carbonyl (C=O) groups excluding carboxylic acids is 2. The molecule has 0 saturated carbocycles. The van der Waals surface area contributed by atoms with Gasteiger partial charge in [0.25, 0.3) is 0 Å². The minimum Gasteiger partial charge on any atom is -0.507 e. The Kier molecular flexibility index (Phi) is 7.62. The summed E-state index contributed by atoms with van der Waals surface area (Å²) in [7, 11) is 5.52. The zero-order valence-corrected chi connectivity index (χ0v) is 23.5. The molecular formula is C29H34O12. The molecule has 0 spiro atoms. The summed E-state index contributed by atoms with van der Waals surface area (Å²) in [6.45, 7) is 3.21. The number of hydrogen-bond acceptors (Lipinski definition) is 12. The van der Waals surface area contributed by atoms with Gasteiger partial charge in [-0.3, -0.25) is 9.59 Å². The fraction of sp³-hybridized carbons (Fsp3) is 0.517. The van der Waals surface area contributed by atoms with Crippen molar-refractivity contribution in [3.8, 4) is 17.2 Å². The largest absolute Gasteiger partial charge is 0.507 e. The predicted octanol–water partition coefficient (Wildman–Crippen LogP) is 1.40. The molecule has 3 aliphatic rings. The van der Waals surface area contributed by atoms with E-state index in [2.05, 4.69) is 0 Å². The second-order valence-electron chi connectivity index (χ2n) is 10.8. The fourth-order valence-corrected chi connectivity index (χ4v) is 6.33. The molecule has 0 radical (unpaired) electrons. The Labute approximate surface area is 236 Å². The number of ketones is 2. The smallest absolute Gasteiger partial charge is 0.201 e. The maximum atomic E-state index is 13.7. The summed E-state index contributed by atoms with van der Waals surface area (Å²) in [4.78, 5) is 27.3. The van der Waals surface area contributed by atoms with E-state index in [1.807, 2.05) is 0 Å². The van der Waals surface area contributed by atoms with Crippen molar-refractivity contribution in [2.75, 3.05) is 28.4 Å². The lowest BCUT2D eigenvalue weighted by Crippen LogP contribution is -2.60. The molecule has 1 fully saturated rings. The average Bonchev–Trinajstić information content (AvgIpc) is 2.90. The quantitative estimate of drug-likeness (QED) is 0.334. The number of hydrogen-bond donors (Lipinski definition) is 4. The van der Waals surface area contributed by atoms with Crippen molar-refractivity contribution in [3.05, 3.63) is 51.6 Å². The maximum absolute atomic E-state index is 13.7. The minimum absolute atomic E-state index is 0.0523. The van der Waals surface area contributed by atoms with Gasteiger partial charge in [-0.25, -0.2) is 0 Å². The number of fused-ring (bicyclic) bond motifs is 3. The van der Waals surface area contributed by atoms with Gasteiger partial charge in [0.15, 0.2) is 12.1 Å². The Balaban J connectivity index is 1.65. The molecule has 12 heteroatoms. The van der Waals surface area contributed by atoms with Gasteiger partial charge in [-0.2, -0.15) is 0 Å². The zero-order valence-electron chi connectivity index (χ0n) is 23.5. The molecule has 2 aromatic rings. The van der Waals surface area contributed by atoms with Crippen LogP contribution in [0.15, 0.2) is 18.2 Å². The van der Waals surface area contributed by atoms with Crippen LogP contribution in [0.1, 0.15) is 62.9 Å². The van der Waals surface area contributed by atoms with Gasteiger partial charge < -0.3 is 48.8 Å². The van der Waals surface area contributed by atoms with E-state index in [1.165, 1.54) is 53.6 Å². The normalized spacial score (nSPS) is 32.7. The lowest BCUT2D eigenvalue weighted by atomic mass is 9.73. The van der Waals surface area contributed by atoms with Gasteiger partial charge >= 0.3 is 0 Å². The van der Waals surface area contributed by atoms with Crippen LogP contribution >= 0.6 is 0 Å². The van der Waals surface area contributed by atoms with Gasteiger partial charge in [0, 0.05) is 50.5 Å². The number of carbonyl (C=O) groups is 2. The van der Waals surface area contributed by atoms with Crippen LogP contribution in [0.4, 0.5) is 0 Å². The lowest BCUT2D eigenvalue weighted by Gasteiger charge is -2.47. The van der Waals surface area contributed by atoms with Gasteiger partial charge in [0.1, 0.15) is 47.8 Å². The summed E-state index contributed by atoms with van der Waals surface area (Å²) in [6, 6.07) is 4.00. The van der Waals surface area contributed by atoms with Gasteiger partial charge in [-0.1, -0.05) is 0 Å². The first-order valence-electron chi connectivity index (χ1n) is 13.1. The fourth-order valence-electron chi connectivity index (χ4n) is 6.33. The molecule has 0 aromatic heterocycles. The molecule has 0 bridgehead atoms. The first-order chi connectivity index (χ1) is 19.4. The third kappa shape index (κ3) is 4.50. The second-order valence-corrected chi connectivity index (χ2v) is 10.8. The topological polar surface area (TPSA) is 170 Å². The van der Waals surface area contributed by atoms with Crippen LogP contribution in [0.25, 0.3) is 0 Å². The Morgan fingerprint density at radius 2 is 1.59 bits per heavy atom. The standard InChI is InChI=1S/C29H34O12/c1-11-24(37-4)23(34)26(38-5)28(40-11)41-25-17-12(10-29(2,35)27(25)39-6)7-14-19(21(17)32)22(33)18-15(20(14)31)8-13(36-3)9-16(18)30/h7-9,11,23-28,30,32,34-35H,10H2,1-6H3/t11-,23+,24+,25+,26+,27+,28+,29-/m0/s1. The summed E-state index contributed by atoms with van der Waals surface area (Å²) in [6.07, 6.45) is -7.07. The van der Waals surface area contributed by atoms with E-state index in [1.54, 1.807) is 6.92 Å². The van der Waals surface area contributed by atoms with Crippen molar-refractivity contribution in [2.24, 2.45) is 0 Å².